The second-order valence-electron chi connectivity index (χ2n) is 11.0. The zero-order chi connectivity index (χ0) is 32.5. The van der Waals surface area contributed by atoms with E-state index >= 15 is 0 Å². The van der Waals surface area contributed by atoms with Gasteiger partial charge in [-0.25, -0.2) is 9.59 Å². The Labute approximate surface area is 254 Å². The summed E-state index contributed by atoms with van der Waals surface area (Å²) in [6.45, 7) is 21.1. The fourth-order valence-corrected chi connectivity index (χ4v) is 3.98. The molecule has 0 aliphatic carbocycles. The molecule has 0 amide bonds. The Morgan fingerprint density at radius 2 is 1.09 bits per heavy atom. The molecule has 0 radical (unpaired) electrons. The Hall–Kier alpha value is -4.14. The molecule has 0 aliphatic rings. The van der Waals surface area contributed by atoms with E-state index < -0.39 is 42.1 Å². The number of aliphatic hydroxyl groups excluding tert-OH is 2. The molecule has 0 spiro atoms. The summed E-state index contributed by atoms with van der Waals surface area (Å²) in [6, 6.07) is 11.4. The third-order valence-corrected chi connectivity index (χ3v) is 6.57. The van der Waals surface area contributed by atoms with E-state index in [4.69, 9.17) is 18.9 Å². The normalized spacial score (nSPS) is 14.6. The van der Waals surface area contributed by atoms with Crippen molar-refractivity contribution in [1.82, 2.24) is 0 Å². The van der Waals surface area contributed by atoms with Gasteiger partial charge in [0.25, 0.3) is 12.6 Å². The molecule has 8 heteroatoms. The van der Waals surface area contributed by atoms with E-state index in [1.807, 2.05) is 62.4 Å². The van der Waals surface area contributed by atoms with Crippen LogP contribution in [-0.2, 0) is 24.5 Å². The van der Waals surface area contributed by atoms with Gasteiger partial charge in [0.05, 0.1) is 0 Å². The molecule has 232 valence electrons. The van der Waals surface area contributed by atoms with Crippen LogP contribution >= 0.6 is 0 Å². The number of carbonyl (C=O) groups is 2. The van der Waals surface area contributed by atoms with Crippen LogP contribution in [0.25, 0.3) is 12.2 Å². The molecule has 4 unspecified atom stereocenters. The molecule has 0 saturated carbocycles. The van der Waals surface area contributed by atoms with Crippen LogP contribution in [0.4, 0.5) is 0 Å². The number of aliphatic hydroxyl groups is 2. The number of benzene rings is 2. The number of hydrogen-bond acceptors (Lipinski definition) is 8. The highest BCUT2D eigenvalue weighted by Gasteiger charge is 2.28. The van der Waals surface area contributed by atoms with Crippen LogP contribution < -0.4 is 9.47 Å². The molecule has 0 heterocycles. The van der Waals surface area contributed by atoms with Gasteiger partial charge in [-0.3, -0.25) is 0 Å². The van der Waals surface area contributed by atoms with E-state index in [-0.39, 0.29) is 11.1 Å². The zero-order valence-corrected chi connectivity index (χ0v) is 26.3. The van der Waals surface area contributed by atoms with Gasteiger partial charge in [0, 0.05) is 27.7 Å². The number of hydrogen-bond donors (Lipinski definition) is 2. The van der Waals surface area contributed by atoms with E-state index in [1.54, 1.807) is 12.1 Å². The first-order valence-electron chi connectivity index (χ1n) is 14.1. The van der Waals surface area contributed by atoms with Crippen LogP contribution in [0.5, 0.6) is 11.5 Å². The Kier molecular flexibility index (Phi) is 12.5. The number of allylic oxidation sites excluding steroid dienone is 2. The van der Waals surface area contributed by atoms with E-state index in [0.29, 0.717) is 11.5 Å². The lowest BCUT2D eigenvalue weighted by molar-refractivity contribution is -0.174. The predicted octanol–water partition coefficient (Wildman–Crippen LogP) is 6.49. The number of esters is 2. The molecule has 2 aromatic carbocycles. The maximum atomic E-state index is 12.1. The highest BCUT2D eigenvalue weighted by molar-refractivity contribution is 5.87. The predicted molar refractivity (Wildman–Crippen MR) is 168 cm³/mol. The van der Waals surface area contributed by atoms with Crippen molar-refractivity contribution in [2.24, 2.45) is 0 Å². The highest BCUT2D eigenvalue weighted by Crippen LogP contribution is 2.37. The fourth-order valence-electron chi connectivity index (χ4n) is 3.98. The van der Waals surface area contributed by atoms with Crippen LogP contribution in [0.3, 0.4) is 0 Å². The van der Waals surface area contributed by atoms with Gasteiger partial charge in [-0.15, -0.1) is 0 Å². The van der Waals surface area contributed by atoms with Crippen LogP contribution in [0.1, 0.15) is 77.6 Å². The van der Waals surface area contributed by atoms with Crippen molar-refractivity contribution in [3.8, 4) is 11.5 Å². The van der Waals surface area contributed by atoms with Crippen molar-refractivity contribution in [1.29, 1.82) is 0 Å². The molecule has 4 atom stereocenters. The minimum absolute atomic E-state index is 0.197. The molecule has 0 fully saturated rings. The summed E-state index contributed by atoms with van der Waals surface area (Å²) in [5.41, 5.74) is 3.31. The lowest BCUT2D eigenvalue weighted by Crippen LogP contribution is -2.35. The van der Waals surface area contributed by atoms with Crippen molar-refractivity contribution >= 4 is 24.1 Å². The van der Waals surface area contributed by atoms with Crippen molar-refractivity contribution in [2.75, 3.05) is 0 Å². The minimum atomic E-state index is -1.22. The highest BCUT2D eigenvalue weighted by atomic mass is 16.7. The van der Waals surface area contributed by atoms with E-state index in [9.17, 15) is 19.8 Å². The molecule has 43 heavy (non-hydrogen) atoms. The van der Waals surface area contributed by atoms with Crippen LogP contribution in [0.15, 0.2) is 72.9 Å². The molecule has 2 aromatic rings. The van der Waals surface area contributed by atoms with Crippen molar-refractivity contribution in [2.45, 2.75) is 85.6 Å². The van der Waals surface area contributed by atoms with Gasteiger partial charge in [0.2, 0.25) is 0 Å². The topological polar surface area (TPSA) is 112 Å². The summed E-state index contributed by atoms with van der Waals surface area (Å²) in [5.74, 6) is -0.446. The SMILES string of the molecule is C=C(C)C(=O)OC(Oc1ccc(C(C)(C)c2ccc(OC(OC(=O)C(=C)C)C(C)O)c(C=CC)c2)cc1C=CC)C(C)O. The Morgan fingerprint density at radius 3 is 1.37 bits per heavy atom. The number of rotatable bonds is 14. The van der Waals surface area contributed by atoms with Crippen LogP contribution in [-0.4, -0.2) is 46.9 Å². The lowest BCUT2D eigenvalue weighted by atomic mass is 9.77. The molecule has 0 saturated heterocycles. The van der Waals surface area contributed by atoms with Crippen molar-refractivity contribution in [3.63, 3.8) is 0 Å². The van der Waals surface area contributed by atoms with Gasteiger partial charge >= 0.3 is 11.9 Å². The maximum Gasteiger partial charge on any atom is 0.336 e. The molecule has 2 N–H and O–H groups in total. The summed E-state index contributed by atoms with van der Waals surface area (Å²) in [7, 11) is 0. The number of carbonyl (C=O) groups excluding carboxylic acids is 2. The van der Waals surface area contributed by atoms with Gasteiger partial charge in [-0.2, -0.15) is 0 Å². The number of ether oxygens (including phenoxy) is 4. The fraction of sp³-hybridized carbons (Fsp3) is 0.371. The second kappa shape index (κ2) is 15.4. The van der Waals surface area contributed by atoms with Crippen LogP contribution in [0, 0.1) is 0 Å². The van der Waals surface area contributed by atoms with Gasteiger partial charge in [-0.1, -0.05) is 63.4 Å². The largest absolute Gasteiger partial charge is 0.451 e. The minimum Gasteiger partial charge on any atom is -0.451 e. The van der Waals surface area contributed by atoms with E-state index in [0.717, 1.165) is 22.3 Å². The molecule has 0 bridgehead atoms. The smallest absolute Gasteiger partial charge is 0.336 e. The first-order chi connectivity index (χ1) is 20.1. The summed E-state index contributed by atoms with van der Waals surface area (Å²) in [4.78, 5) is 24.2. The Morgan fingerprint density at radius 1 is 0.744 bits per heavy atom. The molecule has 0 aliphatic heterocycles. The summed E-state index contributed by atoms with van der Waals surface area (Å²) < 4.78 is 22.5. The third kappa shape index (κ3) is 9.43. The standard InChI is InChI=1S/C35H44O8/c1-11-13-25-19-27(15-17-29(25)40-33(23(7)36)42-31(38)21(3)4)35(9,10)28-16-18-30(26(20-28)14-12-2)41-34(24(8)37)43-32(39)22(5)6/h11-20,23-24,33-34,36-37H,3,5H2,1-2,4,6-10H3. The van der Waals surface area contributed by atoms with Gasteiger partial charge in [0.1, 0.15) is 23.7 Å². The van der Waals surface area contributed by atoms with Crippen LogP contribution in [0.2, 0.25) is 0 Å². The molecular weight excluding hydrogens is 548 g/mol. The van der Waals surface area contributed by atoms with Gasteiger partial charge < -0.3 is 29.2 Å². The molecule has 2 rings (SSSR count). The molecule has 8 nitrogen and oxygen atoms in total. The average molecular weight is 593 g/mol. The average Bonchev–Trinajstić information content (AvgIpc) is 2.93. The van der Waals surface area contributed by atoms with Gasteiger partial charge in [-0.05, 0) is 76.9 Å². The summed E-state index contributed by atoms with van der Waals surface area (Å²) in [5, 5.41) is 20.4. The first-order valence-corrected chi connectivity index (χ1v) is 14.1. The Bertz CT molecular complexity index is 1280. The zero-order valence-electron chi connectivity index (χ0n) is 26.3. The monoisotopic (exact) mass is 592 g/mol. The second-order valence-corrected chi connectivity index (χ2v) is 11.0. The quantitative estimate of drug-likeness (QED) is 0.146. The summed E-state index contributed by atoms with van der Waals surface area (Å²) >= 11 is 0. The lowest BCUT2D eigenvalue weighted by Gasteiger charge is -2.29. The summed E-state index contributed by atoms with van der Waals surface area (Å²) in [6.07, 6.45) is 2.88. The van der Waals surface area contributed by atoms with E-state index in [2.05, 4.69) is 27.0 Å². The van der Waals surface area contributed by atoms with E-state index in [1.165, 1.54) is 27.7 Å². The Balaban J connectivity index is 2.48. The maximum absolute atomic E-state index is 12.1. The van der Waals surface area contributed by atoms with Gasteiger partial charge in [0.15, 0.2) is 0 Å². The molecular formula is C35H44O8. The van der Waals surface area contributed by atoms with Crippen molar-refractivity contribution in [3.05, 3.63) is 95.1 Å². The third-order valence-electron chi connectivity index (χ3n) is 6.57. The first kappa shape index (κ1) is 35.1. The molecule has 0 aromatic heterocycles. The van der Waals surface area contributed by atoms with Crippen molar-refractivity contribution < 1.29 is 38.7 Å².